The van der Waals surface area contributed by atoms with Crippen molar-refractivity contribution in [1.82, 2.24) is 15.1 Å². The Morgan fingerprint density at radius 3 is 2.56 bits per heavy atom. The van der Waals surface area contributed by atoms with Gasteiger partial charge in [-0.25, -0.2) is 0 Å². The van der Waals surface area contributed by atoms with Gasteiger partial charge >= 0.3 is 0 Å². The molecule has 1 rings (SSSR count). The number of amides is 1. The van der Waals surface area contributed by atoms with E-state index in [0.717, 1.165) is 30.7 Å². The van der Waals surface area contributed by atoms with Gasteiger partial charge in [0.15, 0.2) is 0 Å². The van der Waals surface area contributed by atoms with Crippen LogP contribution in [0.4, 0.5) is 5.69 Å². The van der Waals surface area contributed by atoms with E-state index < -0.39 is 0 Å². The van der Waals surface area contributed by atoms with Crippen LogP contribution in [0.2, 0.25) is 0 Å². The first-order chi connectivity index (χ1) is 8.49. The van der Waals surface area contributed by atoms with Crippen LogP contribution in [0, 0.1) is 13.8 Å². The summed E-state index contributed by atoms with van der Waals surface area (Å²) >= 11 is 0. The van der Waals surface area contributed by atoms with Crippen LogP contribution in [-0.2, 0) is 11.3 Å². The minimum absolute atomic E-state index is 0.000833. The van der Waals surface area contributed by atoms with Crippen molar-refractivity contribution in [2.45, 2.75) is 59.5 Å². The van der Waals surface area contributed by atoms with Crippen molar-refractivity contribution < 1.29 is 4.79 Å². The van der Waals surface area contributed by atoms with E-state index in [1.807, 2.05) is 13.8 Å². The lowest BCUT2D eigenvalue weighted by Crippen LogP contribution is -2.36. The molecule has 5 nitrogen and oxygen atoms in total. The van der Waals surface area contributed by atoms with Gasteiger partial charge in [-0.2, -0.15) is 5.10 Å². The quantitative estimate of drug-likeness (QED) is 0.810. The van der Waals surface area contributed by atoms with Crippen molar-refractivity contribution in [2.24, 2.45) is 0 Å². The number of nitrogen functional groups attached to an aromatic ring is 1. The predicted octanol–water partition coefficient (Wildman–Crippen LogP) is 1.78. The largest absolute Gasteiger partial charge is 0.396 e. The number of anilines is 1. The molecule has 0 aromatic carbocycles. The molecule has 0 fully saturated rings. The molecule has 0 saturated carbocycles. The number of carbonyl (C=O) groups is 1. The van der Waals surface area contributed by atoms with E-state index in [9.17, 15) is 4.79 Å². The van der Waals surface area contributed by atoms with Crippen LogP contribution in [0.25, 0.3) is 0 Å². The molecule has 1 aromatic heterocycles. The van der Waals surface area contributed by atoms with Crippen LogP contribution in [0.3, 0.4) is 0 Å². The van der Waals surface area contributed by atoms with Gasteiger partial charge in [0, 0.05) is 6.04 Å². The number of nitrogens with zero attached hydrogens (tertiary/aromatic N) is 2. The Morgan fingerprint density at radius 1 is 1.44 bits per heavy atom. The lowest BCUT2D eigenvalue weighted by atomic mass is 10.1. The number of nitrogens with two attached hydrogens (primary N) is 1. The first-order valence-electron chi connectivity index (χ1n) is 6.58. The number of aromatic nitrogens is 2. The summed E-state index contributed by atoms with van der Waals surface area (Å²) in [5.74, 6) is 0.000833. The van der Waals surface area contributed by atoms with E-state index in [1.54, 1.807) is 4.68 Å². The van der Waals surface area contributed by atoms with E-state index in [-0.39, 0.29) is 18.5 Å². The maximum absolute atomic E-state index is 11.9. The Labute approximate surface area is 109 Å². The normalized spacial score (nSPS) is 12.4. The number of carbonyl (C=O) groups excluding carboxylic acids is 1. The fourth-order valence-corrected chi connectivity index (χ4v) is 2.00. The lowest BCUT2D eigenvalue weighted by Gasteiger charge is -2.16. The van der Waals surface area contributed by atoms with Crippen molar-refractivity contribution in [2.75, 3.05) is 5.73 Å². The first kappa shape index (κ1) is 14.5. The molecule has 5 heteroatoms. The number of hydrogen-bond donors (Lipinski definition) is 2. The number of nitrogens with one attached hydrogen (secondary N) is 1. The average Bonchev–Trinajstić information content (AvgIpc) is 2.56. The van der Waals surface area contributed by atoms with E-state index in [2.05, 4.69) is 24.3 Å². The van der Waals surface area contributed by atoms with Gasteiger partial charge in [0.25, 0.3) is 0 Å². The highest BCUT2D eigenvalue weighted by Crippen LogP contribution is 2.14. The van der Waals surface area contributed by atoms with Gasteiger partial charge in [0.05, 0.1) is 17.1 Å². The molecule has 0 aliphatic rings. The molecule has 102 valence electrons. The number of aryl methyl sites for hydroxylation is 1. The molecule has 0 saturated heterocycles. The zero-order valence-corrected chi connectivity index (χ0v) is 11.8. The van der Waals surface area contributed by atoms with Crippen molar-refractivity contribution in [3.63, 3.8) is 0 Å². The molecular weight excluding hydrogens is 228 g/mol. The molecule has 0 radical (unpaired) electrons. The standard InChI is InChI=1S/C13H24N4O/c1-5-7-11(6-2)15-12(18)8-17-10(4)13(14)9(3)16-17/h11H,5-8,14H2,1-4H3,(H,15,18). The molecular formula is C13H24N4O. The van der Waals surface area contributed by atoms with E-state index in [0.29, 0.717) is 5.69 Å². The summed E-state index contributed by atoms with van der Waals surface area (Å²) in [6.45, 7) is 8.18. The Morgan fingerprint density at radius 2 is 2.11 bits per heavy atom. The summed E-state index contributed by atoms with van der Waals surface area (Å²) < 4.78 is 1.67. The third-order valence-corrected chi connectivity index (χ3v) is 3.23. The summed E-state index contributed by atoms with van der Waals surface area (Å²) in [7, 11) is 0. The Bertz CT molecular complexity index is 411. The van der Waals surface area contributed by atoms with Crippen molar-refractivity contribution in [3.05, 3.63) is 11.4 Å². The zero-order valence-electron chi connectivity index (χ0n) is 11.8. The highest BCUT2D eigenvalue weighted by molar-refractivity contribution is 5.76. The van der Waals surface area contributed by atoms with Crippen molar-refractivity contribution >= 4 is 11.6 Å². The van der Waals surface area contributed by atoms with Crippen LogP contribution in [0.5, 0.6) is 0 Å². The summed E-state index contributed by atoms with van der Waals surface area (Å²) in [6, 6.07) is 0.261. The van der Waals surface area contributed by atoms with Crippen LogP contribution < -0.4 is 11.1 Å². The lowest BCUT2D eigenvalue weighted by molar-refractivity contribution is -0.122. The fourth-order valence-electron chi connectivity index (χ4n) is 2.00. The molecule has 0 spiro atoms. The number of hydrogen-bond acceptors (Lipinski definition) is 3. The van der Waals surface area contributed by atoms with Gasteiger partial charge in [-0.1, -0.05) is 20.3 Å². The number of rotatable bonds is 6. The van der Waals surface area contributed by atoms with Gasteiger partial charge in [0.1, 0.15) is 6.54 Å². The van der Waals surface area contributed by atoms with Gasteiger partial charge in [-0.05, 0) is 26.7 Å². The molecule has 1 atom stereocenters. The third-order valence-electron chi connectivity index (χ3n) is 3.23. The SMILES string of the molecule is CCCC(CC)NC(=O)Cn1nc(C)c(N)c1C. The minimum atomic E-state index is 0.000833. The first-order valence-corrected chi connectivity index (χ1v) is 6.58. The molecule has 18 heavy (non-hydrogen) atoms. The van der Waals surface area contributed by atoms with Gasteiger partial charge in [0.2, 0.25) is 5.91 Å². The van der Waals surface area contributed by atoms with Crippen LogP contribution in [0.1, 0.15) is 44.5 Å². The third kappa shape index (κ3) is 3.48. The summed E-state index contributed by atoms with van der Waals surface area (Å²) in [5, 5.41) is 7.29. The minimum Gasteiger partial charge on any atom is -0.396 e. The maximum atomic E-state index is 11.9. The van der Waals surface area contributed by atoms with E-state index >= 15 is 0 Å². The van der Waals surface area contributed by atoms with Crippen LogP contribution in [-0.4, -0.2) is 21.7 Å². The molecule has 1 amide bonds. The average molecular weight is 252 g/mol. The Balaban J connectivity index is 2.61. The highest BCUT2D eigenvalue weighted by atomic mass is 16.2. The Hall–Kier alpha value is -1.52. The topological polar surface area (TPSA) is 72.9 Å². The molecule has 1 aromatic rings. The molecule has 0 aliphatic heterocycles. The van der Waals surface area contributed by atoms with Crippen molar-refractivity contribution in [3.8, 4) is 0 Å². The van der Waals surface area contributed by atoms with Gasteiger partial charge in [-0.15, -0.1) is 0 Å². The van der Waals surface area contributed by atoms with Gasteiger partial charge < -0.3 is 11.1 Å². The zero-order chi connectivity index (χ0) is 13.7. The molecule has 0 bridgehead atoms. The highest BCUT2D eigenvalue weighted by Gasteiger charge is 2.13. The van der Waals surface area contributed by atoms with E-state index in [1.165, 1.54) is 0 Å². The summed E-state index contributed by atoms with van der Waals surface area (Å²) in [4.78, 5) is 11.9. The van der Waals surface area contributed by atoms with Crippen LogP contribution in [0.15, 0.2) is 0 Å². The van der Waals surface area contributed by atoms with Crippen LogP contribution >= 0.6 is 0 Å². The van der Waals surface area contributed by atoms with Gasteiger partial charge in [-0.3, -0.25) is 9.48 Å². The maximum Gasteiger partial charge on any atom is 0.241 e. The van der Waals surface area contributed by atoms with Crippen molar-refractivity contribution in [1.29, 1.82) is 0 Å². The molecule has 3 N–H and O–H groups in total. The van der Waals surface area contributed by atoms with E-state index in [4.69, 9.17) is 5.73 Å². The Kier molecular flexibility index (Phi) is 5.19. The second-order valence-corrected chi connectivity index (χ2v) is 4.70. The monoisotopic (exact) mass is 252 g/mol. The molecule has 1 unspecified atom stereocenters. The predicted molar refractivity (Wildman–Crippen MR) is 73.2 cm³/mol. The summed E-state index contributed by atoms with van der Waals surface area (Å²) in [6.07, 6.45) is 3.05. The fraction of sp³-hybridized carbons (Fsp3) is 0.692. The second kappa shape index (κ2) is 6.42. The second-order valence-electron chi connectivity index (χ2n) is 4.70. The smallest absolute Gasteiger partial charge is 0.241 e. The summed E-state index contributed by atoms with van der Waals surface area (Å²) in [5.41, 5.74) is 8.14. The molecule has 1 heterocycles. The molecule has 0 aliphatic carbocycles.